The number of unbranched alkanes of at least 4 members (excludes halogenated alkanes) is 1. The number of ether oxygens (including phenoxy) is 1. The normalized spacial score (nSPS) is 25.8. The van der Waals surface area contributed by atoms with E-state index in [2.05, 4.69) is 18.7 Å². The molecule has 2 heterocycles. The minimum absolute atomic E-state index is 0.595. The maximum Gasteiger partial charge on any atom is 0.0545 e. The van der Waals surface area contributed by atoms with E-state index in [-0.39, 0.29) is 0 Å². The summed E-state index contributed by atoms with van der Waals surface area (Å²) in [6.07, 6.45) is 9.62. The predicted octanol–water partition coefficient (Wildman–Crippen LogP) is 3.46. The number of nitrogens with zero attached hydrogens (tertiary/aromatic N) is 1. The van der Waals surface area contributed by atoms with Crippen LogP contribution in [-0.4, -0.2) is 37.2 Å². The summed E-state index contributed by atoms with van der Waals surface area (Å²) in [4.78, 5) is 2.77. The predicted molar refractivity (Wildman–Crippen MR) is 72.3 cm³/mol. The Kier molecular flexibility index (Phi) is 4.87. The fourth-order valence-electron chi connectivity index (χ4n) is 3.33. The summed E-state index contributed by atoms with van der Waals surface area (Å²) in [6, 6.07) is 0.860. The summed E-state index contributed by atoms with van der Waals surface area (Å²) in [5, 5.41) is 0. The maximum atomic E-state index is 5.41. The first kappa shape index (κ1) is 13.4. The molecule has 0 radical (unpaired) electrons. The van der Waals surface area contributed by atoms with Gasteiger partial charge in [-0.25, -0.2) is 0 Å². The van der Waals surface area contributed by atoms with Crippen molar-refractivity contribution in [3.63, 3.8) is 0 Å². The molecule has 1 unspecified atom stereocenters. The van der Waals surface area contributed by atoms with Crippen molar-refractivity contribution in [3.8, 4) is 0 Å². The van der Waals surface area contributed by atoms with E-state index in [0.717, 1.165) is 19.3 Å². The van der Waals surface area contributed by atoms with Crippen LogP contribution >= 0.6 is 0 Å². The number of piperidine rings is 1. The van der Waals surface area contributed by atoms with E-state index in [1.54, 1.807) is 0 Å². The molecule has 2 saturated heterocycles. The van der Waals surface area contributed by atoms with Crippen molar-refractivity contribution < 1.29 is 4.74 Å². The Bertz CT molecular complexity index is 215. The van der Waals surface area contributed by atoms with Crippen LogP contribution in [-0.2, 0) is 4.74 Å². The molecule has 0 amide bonds. The lowest BCUT2D eigenvalue weighted by Crippen LogP contribution is -2.52. The van der Waals surface area contributed by atoms with Crippen molar-refractivity contribution >= 4 is 0 Å². The Balaban J connectivity index is 1.79. The van der Waals surface area contributed by atoms with Gasteiger partial charge in [0.2, 0.25) is 0 Å². The van der Waals surface area contributed by atoms with Crippen molar-refractivity contribution in [3.05, 3.63) is 0 Å². The summed E-state index contributed by atoms with van der Waals surface area (Å²) in [5.41, 5.74) is 0.595. The first-order chi connectivity index (χ1) is 8.29. The molecule has 1 spiro atoms. The lowest BCUT2D eigenvalue weighted by atomic mass is 9.76. The molecular formula is C15H29NO. The Labute approximate surface area is 107 Å². The smallest absolute Gasteiger partial charge is 0.0545 e. The van der Waals surface area contributed by atoms with Gasteiger partial charge in [0.25, 0.3) is 0 Å². The zero-order valence-corrected chi connectivity index (χ0v) is 11.7. The number of rotatable bonds is 6. The van der Waals surface area contributed by atoms with Gasteiger partial charge in [-0.3, -0.25) is 0 Å². The van der Waals surface area contributed by atoms with Crippen LogP contribution in [0.2, 0.25) is 0 Å². The molecule has 0 saturated carbocycles. The summed E-state index contributed by atoms with van der Waals surface area (Å²) in [7, 11) is 0. The highest BCUT2D eigenvalue weighted by molar-refractivity contribution is 4.92. The van der Waals surface area contributed by atoms with Gasteiger partial charge in [0.15, 0.2) is 0 Å². The molecule has 2 nitrogen and oxygen atoms in total. The van der Waals surface area contributed by atoms with Crippen LogP contribution < -0.4 is 0 Å². The van der Waals surface area contributed by atoms with Gasteiger partial charge >= 0.3 is 0 Å². The van der Waals surface area contributed by atoms with Gasteiger partial charge in [0.1, 0.15) is 0 Å². The monoisotopic (exact) mass is 239 g/mol. The Morgan fingerprint density at radius 1 is 1.06 bits per heavy atom. The first-order valence-corrected chi connectivity index (χ1v) is 7.61. The molecule has 17 heavy (non-hydrogen) atoms. The highest BCUT2D eigenvalue weighted by Gasteiger charge is 2.41. The summed E-state index contributed by atoms with van der Waals surface area (Å²) in [5.74, 6) is 0. The fraction of sp³-hybridized carbons (Fsp3) is 1.00. The van der Waals surface area contributed by atoms with Gasteiger partial charge in [-0.1, -0.05) is 33.1 Å². The minimum Gasteiger partial charge on any atom is -0.380 e. The highest BCUT2D eigenvalue weighted by atomic mass is 16.5. The quantitative estimate of drug-likeness (QED) is 0.704. The fourth-order valence-corrected chi connectivity index (χ4v) is 3.33. The second-order valence-corrected chi connectivity index (χ2v) is 6.11. The molecule has 2 aliphatic rings. The molecule has 0 bridgehead atoms. The largest absolute Gasteiger partial charge is 0.380 e. The molecule has 2 heteroatoms. The van der Waals surface area contributed by atoms with Crippen LogP contribution in [0.1, 0.15) is 58.8 Å². The first-order valence-electron chi connectivity index (χ1n) is 7.61. The standard InChI is InChI=1S/C15H29NO/c1-3-5-7-14(6-4-2)16-10-8-15(9-11-16)12-17-13-15/h14H,3-13H2,1-2H3. The Morgan fingerprint density at radius 3 is 2.24 bits per heavy atom. The van der Waals surface area contributed by atoms with Gasteiger partial charge in [-0.2, -0.15) is 0 Å². The Hall–Kier alpha value is -0.0800. The van der Waals surface area contributed by atoms with Crippen molar-refractivity contribution in [2.45, 2.75) is 64.8 Å². The van der Waals surface area contributed by atoms with Crippen LogP contribution in [0.15, 0.2) is 0 Å². The second-order valence-electron chi connectivity index (χ2n) is 6.11. The van der Waals surface area contributed by atoms with Gasteiger partial charge < -0.3 is 9.64 Å². The third kappa shape index (κ3) is 3.23. The topological polar surface area (TPSA) is 12.5 Å². The van der Waals surface area contributed by atoms with Gasteiger partial charge in [0.05, 0.1) is 13.2 Å². The molecule has 0 aromatic rings. The van der Waals surface area contributed by atoms with Crippen molar-refractivity contribution in [1.29, 1.82) is 0 Å². The second kappa shape index (κ2) is 6.19. The maximum absolute atomic E-state index is 5.41. The Morgan fingerprint density at radius 2 is 1.76 bits per heavy atom. The van der Waals surface area contributed by atoms with E-state index < -0.39 is 0 Å². The SMILES string of the molecule is CCCCC(CCC)N1CCC2(CC1)COC2. The lowest BCUT2D eigenvalue weighted by Gasteiger charge is -2.49. The lowest BCUT2D eigenvalue weighted by molar-refractivity contribution is -0.143. The average molecular weight is 239 g/mol. The van der Waals surface area contributed by atoms with Crippen molar-refractivity contribution in [2.24, 2.45) is 5.41 Å². The van der Waals surface area contributed by atoms with Crippen LogP contribution in [0.25, 0.3) is 0 Å². The van der Waals surface area contributed by atoms with E-state index in [9.17, 15) is 0 Å². The van der Waals surface area contributed by atoms with E-state index in [4.69, 9.17) is 4.74 Å². The summed E-state index contributed by atoms with van der Waals surface area (Å²) < 4.78 is 5.41. The van der Waals surface area contributed by atoms with Crippen LogP contribution in [0, 0.1) is 5.41 Å². The molecule has 1 atom stereocenters. The van der Waals surface area contributed by atoms with Crippen molar-refractivity contribution in [1.82, 2.24) is 4.90 Å². The molecule has 0 aromatic heterocycles. The van der Waals surface area contributed by atoms with Gasteiger partial charge in [-0.05, 0) is 38.8 Å². The van der Waals surface area contributed by atoms with E-state index in [0.29, 0.717) is 5.41 Å². The van der Waals surface area contributed by atoms with Crippen LogP contribution in [0.4, 0.5) is 0 Å². The molecule has 100 valence electrons. The molecule has 2 aliphatic heterocycles. The van der Waals surface area contributed by atoms with Gasteiger partial charge in [-0.15, -0.1) is 0 Å². The highest BCUT2D eigenvalue weighted by Crippen LogP contribution is 2.39. The van der Waals surface area contributed by atoms with Crippen LogP contribution in [0.5, 0.6) is 0 Å². The summed E-state index contributed by atoms with van der Waals surface area (Å²) >= 11 is 0. The molecule has 2 rings (SSSR count). The molecule has 2 fully saturated rings. The molecular weight excluding hydrogens is 210 g/mol. The van der Waals surface area contributed by atoms with E-state index in [1.165, 1.54) is 58.0 Å². The molecule has 0 N–H and O–H groups in total. The van der Waals surface area contributed by atoms with Crippen LogP contribution in [0.3, 0.4) is 0 Å². The number of hydrogen-bond donors (Lipinski definition) is 0. The number of likely N-dealkylation sites (tertiary alicyclic amines) is 1. The third-order valence-electron chi connectivity index (χ3n) is 4.70. The van der Waals surface area contributed by atoms with E-state index in [1.807, 2.05) is 0 Å². The zero-order chi connectivity index (χ0) is 12.1. The van der Waals surface area contributed by atoms with E-state index >= 15 is 0 Å². The third-order valence-corrected chi connectivity index (χ3v) is 4.70. The molecule has 0 aromatic carbocycles. The molecule has 0 aliphatic carbocycles. The van der Waals surface area contributed by atoms with Gasteiger partial charge in [0, 0.05) is 11.5 Å². The minimum atomic E-state index is 0.595. The number of hydrogen-bond acceptors (Lipinski definition) is 2. The average Bonchev–Trinajstić information content (AvgIpc) is 2.33. The summed E-state index contributed by atoms with van der Waals surface area (Å²) in [6.45, 7) is 9.34. The van der Waals surface area contributed by atoms with Crippen molar-refractivity contribution in [2.75, 3.05) is 26.3 Å². The zero-order valence-electron chi connectivity index (χ0n) is 11.7.